The molecule has 0 radical (unpaired) electrons. The van der Waals surface area contributed by atoms with Gasteiger partial charge in [0.1, 0.15) is 5.92 Å². The summed E-state index contributed by atoms with van der Waals surface area (Å²) in [5, 5.41) is 9.42. The molecule has 1 aliphatic heterocycles. The van der Waals surface area contributed by atoms with Gasteiger partial charge in [0.05, 0.1) is 7.11 Å². The highest BCUT2D eigenvalue weighted by molar-refractivity contribution is 6.04. The van der Waals surface area contributed by atoms with Crippen LogP contribution in [-0.2, 0) is 20.7 Å². The molecule has 1 aromatic rings. The van der Waals surface area contributed by atoms with E-state index in [9.17, 15) is 14.7 Å². The average Bonchev–Trinajstić information content (AvgIpc) is 2.63. The van der Waals surface area contributed by atoms with E-state index in [0.29, 0.717) is 5.75 Å². The van der Waals surface area contributed by atoms with Gasteiger partial charge in [-0.25, -0.2) is 0 Å². The second kappa shape index (κ2) is 4.45. The number of phenolic OH excluding ortho intramolecular Hbond substituents is 1. The minimum absolute atomic E-state index is 0.0246. The van der Waals surface area contributed by atoms with Crippen molar-refractivity contribution < 1.29 is 24.2 Å². The third-order valence-corrected chi connectivity index (χ3v) is 2.71. The maximum Gasteiger partial charge on any atom is 0.317 e. The highest BCUT2D eigenvalue weighted by atomic mass is 16.5. The number of carbonyl (C=O) groups excluding carboxylic acids is 2. The van der Waals surface area contributed by atoms with E-state index < -0.39 is 11.9 Å². The lowest BCUT2D eigenvalue weighted by atomic mass is 9.97. The Labute approximate surface area is 98.0 Å². The number of esters is 1. The number of methoxy groups -OCH3 is 1. The van der Waals surface area contributed by atoms with Gasteiger partial charge < -0.3 is 14.6 Å². The zero-order chi connectivity index (χ0) is 12.4. The molecule has 0 aromatic heterocycles. The Morgan fingerprint density at radius 3 is 2.82 bits per heavy atom. The summed E-state index contributed by atoms with van der Waals surface area (Å²) in [6.45, 7) is -0.140. The summed E-state index contributed by atoms with van der Waals surface area (Å²) in [6, 6.07) is 4.73. The van der Waals surface area contributed by atoms with E-state index in [0.717, 1.165) is 5.56 Å². The molecule has 2 rings (SSSR count). The number of rotatable bonds is 3. The van der Waals surface area contributed by atoms with Crippen LogP contribution in [0.5, 0.6) is 11.5 Å². The van der Waals surface area contributed by atoms with Crippen LogP contribution in [0, 0.1) is 5.92 Å². The Kier molecular flexibility index (Phi) is 2.99. The quantitative estimate of drug-likeness (QED) is 0.617. The van der Waals surface area contributed by atoms with E-state index in [2.05, 4.69) is 4.74 Å². The molecule has 17 heavy (non-hydrogen) atoms. The number of phenols is 1. The van der Waals surface area contributed by atoms with E-state index >= 15 is 0 Å². The third kappa shape index (κ3) is 2.22. The van der Waals surface area contributed by atoms with Gasteiger partial charge in [0, 0.05) is 0 Å². The number of ether oxygens (including phenoxy) is 2. The second-order valence-corrected chi connectivity index (χ2v) is 3.84. The van der Waals surface area contributed by atoms with E-state index in [-0.39, 0.29) is 24.6 Å². The number of hydrogen-bond donors (Lipinski definition) is 1. The molecule has 1 N–H and O–H groups in total. The van der Waals surface area contributed by atoms with Gasteiger partial charge in [0.15, 0.2) is 23.9 Å². The summed E-state index contributed by atoms with van der Waals surface area (Å²) < 4.78 is 9.61. The largest absolute Gasteiger partial charge is 0.504 e. The zero-order valence-electron chi connectivity index (χ0n) is 9.30. The van der Waals surface area contributed by atoms with Gasteiger partial charge in [0.2, 0.25) is 0 Å². The molecular formula is C12H12O5. The van der Waals surface area contributed by atoms with Crippen molar-refractivity contribution in [2.24, 2.45) is 5.92 Å². The summed E-state index contributed by atoms with van der Waals surface area (Å²) in [5.41, 5.74) is 0.747. The highest BCUT2D eigenvalue weighted by Gasteiger charge is 2.35. The topological polar surface area (TPSA) is 72.8 Å². The van der Waals surface area contributed by atoms with Gasteiger partial charge in [-0.1, -0.05) is 6.07 Å². The van der Waals surface area contributed by atoms with Gasteiger partial charge in [-0.3, -0.25) is 9.59 Å². The van der Waals surface area contributed by atoms with Crippen molar-refractivity contribution in [3.63, 3.8) is 0 Å². The highest BCUT2D eigenvalue weighted by Crippen LogP contribution is 2.28. The lowest BCUT2D eigenvalue weighted by molar-refractivity contribution is -0.141. The number of carbonyl (C=O) groups is 2. The fraction of sp³-hybridized carbons (Fsp3) is 0.333. The number of benzene rings is 1. The van der Waals surface area contributed by atoms with Crippen molar-refractivity contribution in [3.8, 4) is 11.5 Å². The van der Waals surface area contributed by atoms with Gasteiger partial charge in [0.25, 0.3) is 0 Å². The fourth-order valence-electron chi connectivity index (χ4n) is 1.76. The van der Waals surface area contributed by atoms with Crippen LogP contribution in [0.3, 0.4) is 0 Å². The predicted octanol–water partition coefficient (Wildman–Crippen LogP) is 0.685. The lowest BCUT2D eigenvalue weighted by Crippen LogP contribution is -2.18. The Hall–Kier alpha value is -2.04. The first-order chi connectivity index (χ1) is 8.11. The molecule has 1 heterocycles. The molecule has 1 saturated heterocycles. The monoisotopic (exact) mass is 236 g/mol. The summed E-state index contributed by atoms with van der Waals surface area (Å²) >= 11 is 0. The minimum atomic E-state index is -0.732. The molecule has 1 fully saturated rings. The number of cyclic esters (lactones) is 1. The maximum absolute atomic E-state index is 11.4. The van der Waals surface area contributed by atoms with E-state index in [1.165, 1.54) is 13.2 Å². The molecule has 1 aliphatic rings. The molecule has 0 amide bonds. The van der Waals surface area contributed by atoms with Gasteiger partial charge in [-0.05, 0) is 24.1 Å². The zero-order valence-corrected chi connectivity index (χ0v) is 9.30. The summed E-state index contributed by atoms with van der Waals surface area (Å²) in [6.07, 6.45) is 0.272. The van der Waals surface area contributed by atoms with E-state index in [4.69, 9.17) is 4.74 Å². The fourth-order valence-corrected chi connectivity index (χ4v) is 1.76. The number of Topliss-reactive ketones (excluding diaryl/α,β-unsaturated/α-hetero) is 1. The number of ketones is 1. The first-order valence-electron chi connectivity index (χ1n) is 5.17. The molecule has 0 bridgehead atoms. The van der Waals surface area contributed by atoms with E-state index in [1.807, 2.05) is 0 Å². The van der Waals surface area contributed by atoms with E-state index in [1.54, 1.807) is 12.1 Å². The van der Waals surface area contributed by atoms with Crippen molar-refractivity contribution in [2.75, 3.05) is 13.7 Å². The van der Waals surface area contributed by atoms with Crippen LogP contribution in [0.2, 0.25) is 0 Å². The van der Waals surface area contributed by atoms with Crippen LogP contribution in [0.25, 0.3) is 0 Å². The van der Waals surface area contributed by atoms with Crippen LogP contribution in [0.1, 0.15) is 5.56 Å². The molecule has 5 heteroatoms. The van der Waals surface area contributed by atoms with Crippen molar-refractivity contribution >= 4 is 11.8 Å². The smallest absolute Gasteiger partial charge is 0.317 e. The number of hydrogen-bond acceptors (Lipinski definition) is 5. The Bertz CT molecular complexity index is 450. The average molecular weight is 236 g/mol. The van der Waals surface area contributed by atoms with Gasteiger partial charge in [-0.15, -0.1) is 0 Å². The Morgan fingerprint density at radius 2 is 2.24 bits per heavy atom. The molecule has 0 saturated carbocycles. The summed E-state index contributed by atoms with van der Waals surface area (Å²) in [5.74, 6) is -1.08. The van der Waals surface area contributed by atoms with Crippen molar-refractivity contribution in [1.29, 1.82) is 0 Å². The standard InChI is InChI=1S/C12H12O5/c1-16-11-5-7(2-3-9(11)13)4-8-10(14)6-17-12(8)15/h2-3,5,8,13H,4,6H2,1H3. The van der Waals surface area contributed by atoms with Crippen LogP contribution in [-0.4, -0.2) is 30.6 Å². The second-order valence-electron chi connectivity index (χ2n) is 3.84. The van der Waals surface area contributed by atoms with Crippen molar-refractivity contribution in [2.45, 2.75) is 6.42 Å². The first-order valence-corrected chi connectivity index (χ1v) is 5.17. The van der Waals surface area contributed by atoms with Crippen LogP contribution >= 0.6 is 0 Å². The molecular weight excluding hydrogens is 224 g/mol. The Morgan fingerprint density at radius 1 is 1.47 bits per heavy atom. The summed E-state index contributed by atoms with van der Waals surface area (Å²) in [4.78, 5) is 22.7. The molecule has 0 spiro atoms. The normalized spacial score (nSPS) is 19.2. The SMILES string of the molecule is COc1cc(CC2C(=O)COC2=O)ccc1O. The molecule has 90 valence electrons. The van der Waals surface area contributed by atoms with Crippen molar-refractivity contribution in [3.05, 3.63) is 23.8 Å². The van der Waals surface area contributed by atoms with Crippen LogP contribution < -0.4 is 4.74 Å². The lowest BCUT2D eigenvalue weighted by Gasteiger charge is -2.08. The van der Waals surface area contributed by atoms with Crippen molar-refractivity contribution in [1.82, 2.24) is 0 Å². The summed E-state index contributed by atoms with van der Waals surface area (Å²) in [7, 11) is 1.44. The molecule has 1 aromatic carbocycles. The predicted molar refractivity (Wildman–Crippen MR) is 57.8 cm³/mol. The first kappa shape index (κ1) is 11.4. The third-order valence-electron chi connectivity index (χ3n) is 2.71. The molecule has 1 unspecified atom stereocenters. The van der Waals surface area contributed by atoms with Crippen LogP contribution in [0.15, 0.2) is 18.2 Å². The maximum atomic E-state index is 11.4. The molecule has 5 nitrogen and oxygen atoms in total. The van der Waals surface area contributed by atoms with Gasteiger partial charge in [-0.2, -0.15) is 0 Å². The minimum Gasteiger partial charge on any atom is -0.504 e. The van der Waals surface area contributed by atoms with Crippen LogP contribution in [0.4, 0.5) is 0 Å². The Balaban J connectivity index is 2.18. The number of aromatic hydroxyl groups is 1. The van der Waals surface area contributed by atoms with Gasteiger partial charge >= 0.3 is 5.97 Å². The molecule has 0 aliphatic carbocycles. The molecule has 1 atom stereocenters.